The third-order valence-electron chi connectivity index (χ3n) is 5.44. The van der Waals surface area contributed by atoms with Gasteiger partial charge >= 0.3 is 0 Å². The van der Waals surface area contributed by atoms with Gasteiger partial charge in [0.15, 0.2) is 0 Å². The maximum atomic E-state index is 12.3. The van der Waals surface area contributed by atoms with Gasteiger partial charge < -0.3 is 5.32 Å². The molecule has 0 aromatic heterocycles. The van der Waals surface area contributed by atoms with Crippen LogP contribution in [0.3, 0.4) is 0 Å². The van der Waals surface area contributed by atoms with Gasteiger partial charge in [0.05, 0.1) is 5.84 Å². The van der Waals surface area contributed by atoms with E-state index < -0.39 is 0 Å². The van der Waals surface area contributed by atoms with Gasteiger partial charge in [-0.3, -0.25) is 10.2 Å². The molecule has 0 fully saturated rings. The van der Waals surface area contributed by atoms with E-state index in [0.29, 0.717) is 12.8 Å². The van der Waals surface area contributed by atoms with Gasteiger partial charge in [-0.15, -0.1) is 5.92 Å². The Morgan fingerprint density at radius 3 is 2.57 bits per heavy atom. The first-order chi connectivity index (χ1) is 14.4. The normalized spacial score (nSPS) is 11.4. The molecule has 1 amide bonds. The Morgan fingerprint density at radius 1 is 1.13 bits per heavy atom. The molecule has 2 N–H and O–H groups in total. The van der Waals surface area contributed by atoms with Gasteiger partial charge in [-0.05, 0) is 72.6 Å². The second-order valence-electron chi connectivity index (χ2n) is 7.91. The Bertz CT molecular complexity index is 963. The quantitative estimate of drug-likeness (QED) is 0.301. The Kier molecular flexibility index (Phi) is 8.87. The van der Waals surface area contributed by atoms with Gasteiger partial charge in [-0.25, -0.2) is 0 Å². The summed E-state index contributed by atoms with van der Waals surface area (Å²) in [4.78, 5) is 12.3. The van der Waals surface area contributed by atoms with Crippen LogP contribution < -0.4 is 5.32 Å². The van der Waals surface area contributed by atoms with E-state index in [1.807, 2.05) is 13.8 Å². The van der Waals surface area contributed by atoms with Crippen molar-refractivity contribution in [3.8, 4) is 23.0 Å². The molecule has 0 radical (unpaired) electrons. The van der Waals surface area contributed by atoms with E-state index in [2.05, 4.69) is 74.3 Å². The van der Waals surface area contributed by atoms with Crippen LogP contribution in [0.2, 0.25) is 0 Å². The molecule has 30 heavy (non-hydrogen) atoms. The highest BCUT2D eigenvalue weighted by atomic mass is 16.1. The minimum atomic E-state index is -0.0950. The molecule has 3 nitrogen and oxygen atoms in total. The van der Waals surface area contributed by atoms with Crippen molar-refractivity contribution in [3.63, 3.8) is 0 Å². The maximum absolute atomic E-state index is 12.3. The summed E-state index contributed by atoms with van der Waals surface area (Å²) >= 11 is 0. The van der Waals surface area contributed by atoms with Gasteiger partial charge in [0.1, 0.15) is 0 Å². The van der Waals surface area contributed by atoms with E-state index in [1.54, 1.807) is 0 Å². The second kappa shape index (κ2) is 11.4. The average Bonchev–Trinajstić information content (AvgIpc) is 2.73. The summed E-state index contributed by atoms with van der Waals surface area (Å²) in [5.41, 5.74) is 7.20. The molecule has 0 bridgehead atoms. The van der Waals surface area contributed by atoms with Crippen molar-refractivity contribution in [3.05, 3.63) is 58.7 Å². The Hall–Kier alpha value is -2.86. The maximum Gasteiger partial charge on any atom is 0.225 e. The van der Waals surface area contributed by atoms with E-state index in [1.165, 1.54) is 22.3 Å². The van der Waals surface area contributed by atoms with Crippen molar-refractivity contribution < 1.29 is 4.79 Å². The molecular weight excluding hydrogens is 368 g/mol. The first-order valence-corrected chi connectivity index (χ1v) is 10.9. The third-order valence-corrected chi connectivity index (χ3v) is 5.44. The largest absolute Gasteiger partial charge is 0.315 e. The van der Waals surface area contributed by atoms with E-state index in [-0.39, 0.29) is 17.7 Å². The van der Waals surface area contributed by atoms with Crippen LogP contribution in [0, 0.1) is 24.2 Å². The Labute approximate surface area is 181 Å². The number of unbranched alkanes of at least 4 members (excludes halogenated alkanes) is 1. The molecule has 0 aliphatic rings. The lowest BCUT2D eigenvalue weighted by molar-refractivity contribution is -0.120. The molecule has 1 atom stereocenters. The van der Waals surface area contributed by atoms with Crippen molar-refractivity contribution in [2.45, 2.75) is 72.6 Å². The number of hydrogen-bond donors (Lipinski definition) is 2. The molecule has 0 heterocycles. The molecule has 0 saturated carbocycles. The molecule has 2 aromatic rings. The molecule has 0 spiro atoms. The van der Waals surface area contributed by atoms with Crippen molar-refractivity contribution in [1.29, 1.82) is 5.41 Å². The standard InChI is InChI=1S/C27H34N2O/c1-6-9-11-22-14-15-23(20(5)16-27(30)29-26(28)8-3)18-25(22)24-17-21(10-7-2)13-12-19(24)4/h12-15,17-18,20H,6,8-9,11,16H2,1-5H3,(H2,28,29,30). The smallest absolute Gasteiger partial charge is 0.225 e. The molecule has 0 aliphatic heterocycles. The first kappa shape index (κ1) is 23.4. The minimum absolute atomic E-state index is 0.0764. The lowest BCUT2D eigenvalue weighted by atomic mass is 9.87. The number of amidine groups is 1. The first-order valence-electron chi connectivity index (χ1n) is 10.9. The zero-order chi connectivity index (χ0) is 22.1. The van der Waals surface area contributed by atoms with Crippen LogP contribution in [0.5, 0.6) is 0 Å². The van der Waals surface area contributed by atoms with E-state index in [4.69, 9.17) is 5.41 Å². The van der Waals surface area contributed by atoms with Crippen molar-refractivity contribution in [2.24, 2.45) is 0 Å². The topological polar surface area (TPSA) is 53.0 Å². The molecule has 2 aromatic carbocycles. The fraction of sp³-hybridized carbons (Fsp3) is 0.407. The molecule has 3 heteroatoms. The molecule has 2 rings (SSSR count). The summed E-state index contributed by atoms with van der Waals surface area (Å²) in [5, 5.41) is 10.4. The van der Waals surface area contributed by atoms with Gasteiger partial charge in [-0.1, -0.05) is 57.4 Å². The van der Waals surface area contributed by atoms with Crippen molar-refractivity contribution in [2.75, 3.05) is 0 Å². The fourth-order valence-electron chi connectivity index (χ4n) is 3.57. The average molecular weight is 403 g/mol. The van der Waals surface area contributed by atoms with E-state index in [9.17, 15) is 4.79 Å². The SMILES string of the molecule is CC#Cc1ccc(C)c(-c2cc(C(C)CC(=O)NC(=N)CC)ccc2CCCC)c1. The van der Waals surface area contributed by atoms with Crippen LogP contribution in [0.25, 0.3) is 11.1 Å². The number of hydrogen-bond acceptors (Lipinski definition) is 2. The van der Waals surface area contributed by atoms with E-state index in [0.717, 1.165) is 30.4 Å². The highest BCUT2D eigenvalue weighted by Gasteiger charge is 2.16. The minimum Gasteiger partial charge on any atom is -0.315 e. The van der Waals surface area contributed by atoms with Crippen molar-refractivity contribution >= 4 is 11.7 Å². The summed E-state index contributed by atoms with van der Waals surface area (Å²) in [6.07, 6.45) is 4.25. The molecule has 158 valence electrons. The number of aryl methyl sites for hydroxylation is 2. The Balaban J connectivity index is 2.42. The third kappa shape index (κ3) is 6.32. The van der Waals surface area contributed by atoms with Crippen molar-refractivity contribution in [1.82, 2.24) is 5.32 Å². The zero-order valence-corrected chi connectivity index (χ0v) is 19.0. The van der Waals surface area contributed by atoms with Crippen LogP contribution >= 0.6 is 0 Å². The fourth-order valence-corrected chi connectivity index (χ4v) is 3.57. The van der Waals surface area contributed by atoms with Gasteiger partial charge in [0, 0.05) is 18.4 Å². The number of amides is 1. The predicted molar refractivity (Wildman–Crippen MR) is 127 cm³/mol. The van der Waals surface area contributed by atoms with E-state index >= 15 is 0 Å². The molecule has 0 saturated heterocycles. The lowest BCUT2D eigenvalue weighted by Gasteiger charge is -2.18. The number of benzene rings is 2. The second-order valence-corrected chi connectivity index (χ2v) is 7.91. The number of carbonyl (C=O) groups is 1. The lowest BCUT2D eigenvalue weighted by Crippen LogP contribution is -2.29. The summed E-state index contributed by atoms with van der Waals surface area (Å²) in [6.45, 7) is 10.2. The van der Waals surface area contributed by atoms with Crippen LogP contribution in [-0.2, 0) is 11.2 Å². The van der Waals surface area contributed by atoms with Crippen LogP contribution in [-0.4, -0.2) is 11.7 Å². The monoisotopic (exact) mass is 402 g/mol. The van der Waals surface area contributed by atoms with Crippen LogP contribution in [0.4, 0.5) is 0 Å². The Morgan fingerprint density at radius 2 is 1.90 bits per heavy atom. The zero-order valence-electron chi connectivity index (χ0n) is 19.0. The number of nitrogens with one attached hydrogen (secondary N) is 2. The van der Waals surface area contributed by atoms with Gasteiger partial charge in [-0.2, -0.15) is 0 Å². The summed E-state index contributed by atoms with van der Waals surface area (Å²) in [6, 6.07) is 13.0. The molecule has 0 aliphatic carbocycles. The van der Waals surface area contributed by atoms with Gasteiger partial charge in [0.25, 0.3) is 0 Å². The van der Waals surface area contributed by atoms with Crippen LogP contribution in [0.15, 0.2) is 36.4 Å². The molecule has 1 unspecified atom stereocenters. The predicted octanol–water partition coefficient (Wildman–Crippen LogP) is 6.37. The summed E-state index contributed by atoms with van der Waals surface area (Å²) in [7, 11) is 0. The number of rotatable bonds is 8. The summed E-state index contributed by atoms with van der Waals surface area (Å²) < 4.78 is 0. The van der Waals surface area contributed by atoms with Crippen LogP contribution in [0.1, 0.15) is 81.5 Å². The molecular formula is C27H34N2O. The summed E-state index contributed by atoms with van der Waals surface area (Å²) in [5.74, 6) is 6.41. The van der Waals surface area contributed by atoms with Gasteiger partial charge in [0.2, 0.25) is 5.91 Å². The highest BCUT2D eigenvalue weighted by Crippen LogP contribution is 2.32. The number of carbonyl (C=O) groups excluding carboxylic acids is 1. The highest BCUT2D eigenvalue weighted by molar-refractivity contribution is 5.96.